The minimum absolute atomic E-state index is 0.0207. The minimum atomic E-state index is -3.63. The van der Waals surface area contributed by atoms with Gasteiger partial charge in [0.1, 0.15) is 18.9 Å². The summed E-state index contributed by atoms with van der Waals surface area (Å²) in [6.45, 7) is 1.71. The van der Waals surface area contributed by atoms with E-state index in [0.29, 0.717) is 10.9 Å². The number of amides is 2. The normalized spacial score (nSPS) is 13.0. The molecule has 0 spiro atoms. The first-order valence-corrected chi connectivity index (χ1v) is 14.0. The number of rotatable bonds is 13. The van der Waals surface area contributed by atoms with Crippen molar-refractivity contribution in [2.75, 3.05) is 19.7 Å². The molecule has 0 heterocycles. The van der Waals surface area contributed by atoms with Gasteiger partial charge in [-0.1, -0.05) is 91.0 Å². The molecule has 0 saturated heterocycles. The fourth-order valence-electron chi connectivity index (χ4n) is 3.67. The summed E-state index contributed by atoms with van der Waals surface area (Å²) in [6.07, 6.45) is -0.719. The number of nitrogens with one attached hydrogen (secondary N) is 3. The zero-order valence-electron chi connectivity index (χ0n) is 21.2. The molecule has 38 heavy (non-hydrogen) atoms. The second-order valence-electron chi connectivity index (χ2n) is 8.25. The monoisotopic (exact) mass is 537 g/mol. The van der Waals surface area contributed by atoms with Crippen LogP contribution in [0.1, 0.15) is 30.3 Å². The average molecular weight is 538 g/mol. The van der Waals surface area contributed by atoms with Gasteiger partial charge in [-0.2, -0.15) is 0 Å². The van der Waals surface area contributed by atoms with Gasteiger partial charge in [-0.05, 0) is 18.1 Å². The van der Waals surface area contributed by atoms with Gasteiger partial charge in [-0.25, -0.2) is 4.79 Å². The molecule has 2 unspecified atom stereocenters. The molecule has 3 N–H and O–H groups in total. The summed E-state index contributed by atoms with van der Waals surface area (Å²) in [4.78, 5) is 37.1. The van der Waals surface area contributed by atoms with Gasteiger partial charge in [-0.15, -0.1) is 0 Å². The van der Waals surface area contributed by atoms with Crippen LogP contribution in [0.4, 0.5) is 4.79 Å². The highest BCUT2D eigenvalue weighted by Crippen LogP contribution is 2.53. The van der Waals surface area contributed by atoms with Crippen molar-refractivity contribution >= 4 is 30.6 Å². The van der Waals surface area contributed by atoms with Crippen molar-refractivity contribution in [3.05, 3.63) is 102 Å². The maximum Gasteiger partial charge on any atom is 0.407 e. The maximum atomic E-state index is 14.5. The highest BCUT2D eigenvalue weighted by Gasteiger charge is 2.37. The zero-order chi connectivity index (χ0) is 27.2. The molecule has 2 amide bonds. The Balaban J connectivity index is 1.70. The highest BCUT2D eigenvalue weighted by molar-refractivity contribution is 7.70. The summed E-state index contributed by atoms with van der Waals surface area (Å²) in [5.41, 5.74) is 1.44. The van der Waals surface area contributed by atoms with Crippen LogP contribution >= 0.6 is 7.29 Å². The molecule has 9 nitrogen and oxygen atoms in total. The van der Waals surface area contributed by atoms with Gasteiger partial charge in [-0.3, -0.25) is 19.2 Å². The van der Waals surface area contributed by atoms with E-state index in [-0.39, 0.29) is 32.7 Å². The summed E-state index contributed by atoms with van der Waals surface area (Å²) < 4.78 is 24.7. The van der Waals surface area contributed by atoms with Crippen molar-refractivity contribution in [1.82, 2.24) is 15.7 Å². The van der Waals surface area contributed by atoms with E-state index in [9.17, 15) is 18.9 Å². The number of benzene rings is 3. The summed E-state index contributed by atoms with van der Waals surface area (Å²) in [5, 5.41) is 8.73. The molecule has 0 bridgehead atoms. The van der Waals surface area contributed by atoms with Gasteiger partial charge in [0, 0.05) is 18.3 Å². The molecule has 0 radical (unpaired) electrons. The Kier molecular flexibility index (Phi) is 11.1. The largest absolute Gasteiger partial charge is 0.465 e. The SMILES string of the molecule is CCOC(=O)CNP(=O)(c1ccccc1)C(NC(=O)CCNC(=O)OCc1ccccc1)c1ccccc1. The number of esters is 1. The third-order valence-electron chi connectivity index (χ3n) is 5.51. The topological polar surface area (TPSA) is 123 Å². The van der Waals surface area contributed by atoms with E-state index in [1.165, 1.54) is 0 Å². The van der Waals surface area contributed by atoms with Crippen LogP contribution in [0.15, 0.2) is 91.0 Å². The van der Waals surface area contributed by atoms with Crippen LogP contribution in [0.2, 0.25) is 0 Å². The molecule has 3 rings (SSSR count). The molecule has 0 aliphatic carbocycles. The Bertz CT molecular complexity index is 1230. The predicted octanol–water partition coefficient (Wildman–Crippen LogP) is 3.87. The van der Waals surface area contributed by atoms with E-state index in [0.717, 1.165) is 5.56 Å². The van der Waals surface area contributed by atoms with Crippen molar-refractivity contribution in [3.63, 3.8) is 0 Å². The molecule has 2 atom stereocenters. The van der Waals surface area contributed by atoms with E-state index in [1.807, 2.05) is 36.4 Å². The second-order valence-corrected chi connectivity index (χ2v) is 10.9. The molecule has 0 aliphatic heterocycles. The highest BCUT2D eigenvalue weighted by atomic mass is 31.2. The molecule has 0 saturated carbocycles. The first-order chi connectivity index (χ1) is 18.4. The summed E-state index contributed by atoms with van der Waals surface area (Å²) in [5.74, 6) is -1.96. The predicted molar refractivity (Wildman–Crippen MR) is 145 cm³/mol. The van der Waals surface area contributed by atoms with Crippen LogP contribution in [0, 0.1) is 0 Å². The third-order valence-corrected chi connectivity index (χ3v) is 8.36. The van der Waals surface area contributed by atoms with E-state index in [4.69, 9.17) is 9.47 Å². The minimum Gasteiger partial charge on any atom is -0.465 e. The van der Waals surface area contributed by atoms with Crippen molar-refractivity contribution < 1.29 is 28.4 Å². The van der Waals surface area contributed by atoms with Crippen LogP contribution in [0.5, 0.6) is 0 Å². The van der Waals surface area contributed by atoms with Crippen LogP contribution in [-0.4, -0.2) is 37.7 Å². The lowest BCUT2D eigenvalue weighted by Gasteiger charge is -2.30. The summed E-state index contributed by atoms with van der Waals surface area (Å²) in [6, 6.07) is 26.8. The van der Waals surface area contributed by atoms with Gasteiger partial charge in [0.15, 0.2) is 0 Å². The lowest BCUT2D eigenvalue weighted by atomic mass is 10.2. The quantitative estimate of drug-likeness (QED) is 0.223. The molecule has 0 aliphatic rings. The van der Waals surface area contributed by atoms with Gasteiger partial charge in [0.25, 0.3) is 0 Å². The van der Waals surface area contributed by atoms with Crippen LogP contribution in [0.3, 0.4) is 0 Å². The molecular formula is C28H32N3O6P. The Morgan fingerprint density at radius 3 is 2.08 bits per heavy atom. The molecule has 0 aromatic heterocycles. The Hall–Kier alpha value is -3.94. The number of carbonyl (C=O) groups excluding carboxylic acids is 3. The van der Waals surface area contributed by atoms with Gasteiger partial charge in [0.05, 0.1) is 6.61 Å². The number of alkyl carbamates (subject to hydrolysis) is 1. The number of carbonyl (C=O) groups is 3. The maximum absolute atomic E-state index is 14.5. The third kappa shape index (κ3) is 8.57. The number of hydrogen-bond acceptors (Lipinski definition) is 6. The van der Waals surface area contributed by atoms with Crippen molar-refractivity contribution in [1.29, 1.82) is 0 Å². The Morgan fingerprint density at radius 1 is 0.842 bits per heavy atom. The molecule has 200 valence electrons. The van der Waals surface area contributed by atoms with Crippen molar-refractivity contribution in [3.8, 4) is 0 Å². The molecule has 3 aromatic rings. The number of hydrogen-bond donors (Lipinski definition) is 3. The van der Waals surface area contributed by atoms with E-state index >= 15 is 0 Å². The van der Waals surface area contributed by atoms with Crippen LogP contribution in [-0.2, 0) is 30.2 Å². The molecule has 0 fully saturated rings. The van der Waals surface area contributed by atoms with Crippen LogP contribution in [0.25, 0.3) is 0 Å². The van der Waals surface area contributed by atoms with E-state index in [1.54, 1.807) is 61.5 Å². The first kappa shape index (κ1) is 28.6. The van der Waals surface area contributed by atoms with Crippen LogP contribution < -0.4 is 21.0 Å². The van der Waals surface area contributed by atoms with Gasteiger partial charge >= 0.3 is 12.1 Å². The lowest BCUT2D eigenvalue weighted by molar-refractivity contribution is -0.141. The van der Waals surface area contributed by atoms with Crippen molar-refractivity contribution in [2.45, 2.75) is 25.7 Å². The first-order valence-electron chi connectivity index (χ1n) is 12.3. The summed E-state index contributed by atoms with van der Waals surface area (Å²) in [7, 11) is -3.63. The Morgan fingerprint density at radius 2 is 1.45 bits per heavy atom. The fraction of sp³-hybridized carbons (Fsp3) is 0.250. The van der Waals surface area contributed by atoms with E-state index in [2.05, 4.69) is 15.7 Å². The fourth-order valence-corrected chi connectivity index (χ4v) is 6.23. The van der Waals surface area contributed by atoms with Gasteiger partial charge in [0.2, 0.25) is 13.2 Å². The molecule has 10 heteroatoms. The molecule has 3 aromatic carbocycles. The number of ether oxygens (including phenoxy) is 2. The Labute approximate surface area is 222 Å². The second kappa shape index (κ2) is 14.7. The van der Waals surface area contributed by atoms with E-state index < -0.39 is 31.0 Å². The smallest absolute Gasteiger partial charge is 0.407 e. The summed E-state index contributed by atoms with van der Waals surface area (Å²) >= 11 is 0. The lowest BCUT2D eigenvalue weighted by Crippen LogP contribution is -2.38. The standard InChI is InChI=1S/C28H32N3O6P/c1-2-36-26(33)20-30-38(35,24-16-10-5-11-17-24)27(23-14-8-4-9-15-23)31-25(32)18-19-29-28(34)37-21-22-12-6-3-7-13-22/h3-17,27H,2,18-21H2,1H3,(H,29,34)(H,30,35)(H,31,32). The van der Waals surface area contributed by atoms with Gasteiger partial charge < -0.3 is 20.1 Å². The molecular weight excluding hydrogens is 505 g/mol. The zero-order valence-corrected chi connectivity index (χ0v) is 22.1. The van der Waals surface area contributed by atoms with Crippen molar-refractivity contribution in [2.24, 2.45) is 0 Å². The average Bonchev–Trinajstić information content (AvgIpc) is 2.95.